The Balaban J connectivity index is 2.41. The molecule has 1 rings (SSSR count). The lowest BCUT2D eigenvalue weighted by Gasteiger charge is -2.18. The number of aliphatic hydroxyl groups excluding tert-OH is 1. The third kappa shape index (κ3) is 1.96. The Bertz CT molecular complexity index is 105. The second-order valence-corrected chi connectivity index (χ2v) is 3.45. The topological polar surface area (TPSA) is 23.5 Å². The van der Waals surface area contributed by atoms with E-state index in [1.807, 2.05) is 0 Å². The van der Waals surface area contributed by atoms with Crippen LogP contribution in [-0.4, -0.2) is 36.2 Å². The second-order valence-electron chi connectivity index (χ2n) is 3.45. The first-order valence-electron chi connectivity index (χ1n) is 4.07. The molecule has 60 valence electrons. The van der Waals surface area contributed by atoms with Gasteiger partial charge in [0.15, 0.2) is 0 Å². The fraction of sp³-hybridized carbons (Fsp3) is 1.00. The largest absolute Gasteiger partial charge is 0.393 e. The molecule has 1 N–H and O–H groups in total. The lowest BCUT2D eigenvalue weighted by molar-refractivity contribution is 0.107. The summed E-state index contributed by atoms with van der Waals surface area (Å²) < 4.78 is 0. The number of rotatable bonds is 0. The monoisotopic (exact) mass is 143 g/mol. The summed E-state index contributed by atoms with van der Waals surface area (Å²) in [6.45, 7) is 4.30. The zero-order valence-corrected chi connectivity index (χ0v) is 6.88. The summed E-state index contributed by atoms with van der Waals surface area (Å²) >= 11 is 0. The summed E-state index contributed by atoms with van der Waals surface area (Å²) in [6.07, 6.45) is 2.05. The maximum absolute atomic E-state index is 9.45. The van der Waals surface area contributed by atoms with Crippen LogP contribution in [0.1, 0.15) is 19.8 Å². The van der Waals surface area contributed by atoms with E-state index in [4.69, 9.17) is 0 Å². The van der Waals surface area contributed by atoms with E-state index in [-0.39, 0.29) is 6.10 Å². The van der Waals surface area contributed by atoms with Gasteiger partial charge in [-0.3, -0.25) is 0 Å². The van der Waals surface area contributed by atoms with Crippen molar-refractivity contribution in [3.63, 3.8) is 0 Å². The van der Waals surface area contributed by atoms with Crippen LogP contribution in [0.3, 0.4) is 0 Å². The quantitative estimate of drug-likeness (QED) is 0.540. The predicted octanol–water partition coefficient (Wildman–Crippen LogP) is 0.709. The molecule has 2 unspecified atom stereocenters. The highest BCUT2D eigenvalue weighted by Gasteiger charge is 2.19. The molecule has 0 saturated carbocycles. The Morgan fingerprint density at radius 3 is 2.90 bits per heavy atom. The van der Waals surface area contributed by atoms with Gasteiger partial charge in [-0.2, -0.15) is 0 Å². The highest BCUT2D eigenvalue weighted by molar-refractivity contribution is 4.72. The number of likely N-dealkylation sites (tertiary alicyclic amines) is 1. The van der Waals surface area contributed by atoms with Gasteiger partial charge in [-0.15, -0.1) is 0 Å². The molecule has 1 fully saturated rings. The number of aliphatic hydroxyl groups is 1. The molecule has 0 amide bonds. The predicted molar refractivity (Wildman–Crippen MR) is 41.9 cm³/mol. The van der Waals surface area contributed by atoms with Crippen LogP contribution in [0, 0.1) is 5.92 Å². The zero-order chi connectivity index (χ0) is 7.56. The number of nitrogens with zero attached hydrogens (tertiary/aromatic N) is 1. The minimum Gasteiger partial charge on any atom is -0.393 e. The second kappa shape index (κ2) is 3.35. The SMILES string of the molecule is CC1CN(C)CCCC1O. The molecule has 1 aliphatic rings. The van der Waals surface area contributed by atoms with Crippen LogP contribution in [0.15, 0.2) is 0 Å². The standard InChI is InChI=1S/C8H17NO/c1-7-6-9(2)5-3-4-8(7)10/h7-8,10H,3-6H2,1-2H3. The van der Waals surface area contributed by atoms with Gasteiger partial charge in [0.25, 0.3) is 0 Å². The van der Waals surface area contributed by atoms with Crippen LogP contribution in [0.4, 0.5) is 0 Å². The number of hydrogen-bond donors (Lipinski definition) is 1. The molecule has 0 aromatic rings. The molecule has 1 aliphatic heterocycles. The first kappa shape index (κ1) is 8.02. The summed E-state index contributed by atoms with van der Waals surface area (Å²) in [5, 5.41) is 9.45. The fourth-order valence-electron chi connectivity index (χ4n) is 1.56. The van der Waals surface area contributed by atoms with Crippen molar-refractivity contribution in [3.05, 3.63) is 0 Å². The third-order valence-electron chi connectivity index (χ3n) is 2.30. The molecule has 0 bridgehead atoms. The van der Waals surface area contributed by atoms with Gasteiger partial charge in [-0.25, -0.2) is 0 Å². The van der Waals surface area contributed by atoms with Crippen molar-refractivity contribution in [1.29, 1.82) is 0 Å². The molecule has 1 heterocycles. The zero-order valence-electron chi connectivity index (χ0n) is 6.88. The van der Waals surface area contributed by atoms with Gasteiger partial charge in [0.05, 0.1) is 6.10 Å². The van der Waals surface area contributed by atoms with E-state index >= 15 is 0 Å². The first-order chi connectivity index (χ1) is 4.70. The van der Waals surface area contributed by atoms with Gasteiger partial charge in [-0.1, -0.05) is 6.92 Å². The summed E-state index contributed by atoms with van der Waals surface area (Å²) in [5.74, 6) is 0.451. The van der Waals surface area contributed by atoms with Crippen molar-refractivity contribution in [2.24, 2.45) is 5.92 Å². The highest BCUT2D eigenvalue weighted by Crippen LogP contribution is 2.14. The maximum atomic E-state index is 9.45. The minimum absolute atomic E-state index is 0.0649. The molecule has 0 aromatic carbocycles. The molecule has 0 radical (unpaired) electrons. The van der Waals surface area contributed by atoms with E-state index in [1.54, 1.807) is 0 Å². The fourth-order valence-corrected chi connectivity index (χ4v) is 1.56. The van der Waals surface area contributed by atoms with Crippen molar-refractivity contribution in [2.75, 3.05) is 20.1 Å². The maximum Gasteiger partial charge on any atom is 0.0578 e. The Morgan fingerprint density at radius 2 is 2.20 bits per heavy atom. The molecular weight excluding hydrogens is 126 g/mol. The average molecular weight is 143 g/mol. The van der Waals surface area contributed by atoms with Crippen molar-refractivity contribution < 1.29 is 5.11 Å². The Kier molecular flexibility index (Phi) is 2.69. The van der Waals surface area contributed by atoms with Crippen molar-refractivity contribution in [3.8, 4) is 0 Å². The Labute approximate surface area is 62.8 Å². The third-order valence-corrected chi connectivity index (χ3v) is 2.30. The van der Waals surface area contributed by atoms with Gasteiger partial charge in [0.2, 0.25) is 0 Å². The van der Waals surface area contributed by atoms with Gasteiger partial charge in [-0.05, 0) is 32.4 Å². The van der Waals surface area contributed by atoms with E-state index < -0.39 is 0 Å². The molecule has 0 aromatic heterocycles. The van der Waals surface area contributed by atoms with Gasteiger partial charge in [0, 0.05) is 6.54 Å². The normalized spacial score (nSPS) is 37.5. The van der Waals surface area contributed by atoms with Gasteiger partial charge >= 0.3 is 0 Å². The van der Waals surface area contributed by atoms with Crippen LogP contribution >= 0.6 is 0 Å². The molecule has 1 saturated heterocycles. The smallest absolute Gasteiger partial charge is 0.0578 e. The molecule has 2 nitrogen and oxygen atoms in total. The van der Waals surface area contributed by atoms with Crippen molar-refractivity contribution in [2.45, 2.75) is 25.9 Å². The summed E-state index contributed by atoms with van der Waals surface area (Å²) in [4.78, 5) is 2.29. The lowest BCUT2D eigenvalue weighted by atomic mass is 10.0. The summed E-state index contributed by atoms with van der Waals surface area (Å²) in [6, 6.07) is 0. The van der Waals surface area contributed by atoms with Crippen LogP contribution in [0.2, 0.25) is 0 Å². The molecule has 2 heteroatoms. The van der Waals surface area contributed by atoms with Crippen molar-refractivity contribution in [1.82, 2.24) is 4.90 Å². The van der Waals surface area contributed by atoms with E-state index in [0.717, 1.165) is 25.9 Å². The van der Waals surface area contributed by atoms with E-state index in [9.17, 15) is 5.11 Å². The van der Waals surface area contributed by atoms with Crippen LogP contribution in [-0.2, 0) is 0 Å². The number of hydrogen-bond acceptors (Lipinski definition) is 2. The van der Waals surface area contributed by atoms with Crippen molar-refractivity contribution >= 4 is 0 Å². The van der Waals surface area contributed by atoms with E-state index in [1.165, 1.54) is 0 Å². The molecular formula is C8H17NO. The van der Waals surface area contributed by atoms with Gasteiger partial charge in [0.1, 0.15) is 0 Å². The molecule has 0 aliphatic carbocycles. The average Bonchev–Trinajstić information content (AvgIpc) is 1.96. The molecule has 2 atom stereocenters. The van der Waals surface area contributed by atoms with E-state index in [0.29, 0.717) is 5.92 Å². The van der Waals surface area contributed by atoms with E-state index in [2.05, 4.69) is 18.9 Å². The summed E-state index contributed by atoms with van der Waals surface area (Å²) in [7, 11) is 2.12. The molecule has 10 heavy (non-hydrogen) atoms. The summed E-state index contributed by atoms with van der Waals surface area (Å²) in [5.41, 5.74) is 0. The first-order valence-corrected chi connectivity index (χ1v) is 4.07. The lowest BCUT2D eigenvalue weighted by Crippen LogP contribution is -2.27. The highest BCUT2D eigenvalue weighted by atomic mass is 16.3. The van der Waals surface area contributed by atoms with Crippen LogP contribution < -0.4 is 0 Å². The van der Waals surface area contributed by atoms with Crippen LogP contribution in [0.25, 0.3) is 0 Å². The van der Waals surface area contributed by atoms with Gasteiger partial charge < -0.3 is 10.0 Å². The Morgan fingerprint density at radius 1 is 1.50 bits per heavy atom. The molecule has 0 spiro atoms. The Hall–Kier alpha value is -0.0800. The minimum atomic E-state index is -0.0649. The van der Waals surface area contributed by atoms with Crippen LogP contribution in [0.5, 0.6) is 0 Å².